The Morgan fingerprint density at radius 1 is 0.897 bits per heavy atom. The number of carbonyl (C=O) groups is 1. The van der Waals surface area contributed by atoms with Crippen molar-refractivity contribution in [2.45, 2.75) is 57.1 Å². The number of hydrogen-bond donors (Lipinski definition) is 0. The van der Waals surface area contributed by atoms with Crippen LogP contribution >= 0.6 is 0 Å². The van der Waals surface area contributed by atoms with Crippen molar-refractivity contribution in [1.29, 1.82) is 0 Å². The topological polar surface area (TPSA) is 36.0 Å². The van der Waals surface area contributed by atoms with Crippen LogP contribution in [0.25, 0.3) is 0 Å². The zero-order chi connectivity index (χ0) is 19.9. The summed E-state index contributed by atoms with van der Waals surface area (Å²) < 4.78 is 6.24. The van der Waals surface area contributed by atoms with Crippen LogP contribution in [-0.2, 0) is 9.53 Å². The van der Waals surface area contributed by atoms with E-state index in [0.29, 0.717) is 25.5 Å². The first-order chi connectivity index (χ1) is 14.3. The van der Waals surface area contributed by atoms with Gasteiger partial charge in [-0.15, -0.1) is 0 Å². The maximum Gasteiger partial charge on any atom is 0.223 e. The average Bonchev–Trinajstić information content (AvgIpc) is 3.28. The second-order valence-corrected chi connectivity index (χ2v) is 8.87. The molecule has 0 saturated carbocycles. The van der Waals surface area contributed by atoms with Crippen molar-refractivity contribution in [3.63, 3.8) is 0 Å². The molecule has 0 spiro atoms. The highest BCUT2D eigenvalue weighted by Gasteiger charge is 2.37. The molecule has 29 heavy (non-hydrogen) atoms. The van der Waals surface area contributed by atoms with Crippen LogP contribution in [0, 0.1) is 0 Å². The van der Waals surface area contributed by atoms with Crippen LogP contribution in [0.2, 0.25) is 0 Å². The number of morpholine rings is 1. The summed E-state index contributed by atoms with van der Waals surface area (Å²) in [4.78, 5) is 20.4. The monoisotopic (exact) mass is 399 g/mol. The van der Waals surface area contributed by atoms with Gasteiger partial charge in [-0.3, -0.25) is 4.79 Å². The molecule has 3 aliphatic rings. The second kappa shape index (κ2) is 10.6. The van der Waals surface area contributed by atoms with Crippen molar-refractivity contribution in [3.05, 3.63) is 35.9 Å². The third-order valence-electron chi connectivity index (χ3n) is 6.76. The summed E-state index contributed by atoms with van der Waals surface area (Å²) in [5.41, 5.74) is 1.21. The highest BCUT2D eigenvalue weighted by molar-refractivity contribution is 5.77. The molecule has 3 aliphatic heterocycles. The Morgan fingerprint density at radius 3 is 2.34 bits per heavy atom. The third-order valence-corrected chi connectivity index (χ3v) is 6.76. The van der Waals surface area contributed by atoms with E-state index in [4.69, 9.17) is 4.74 Å². The predicted octanol–water partition coefficient (Wildman–Crippen LogP) is 3.32. The third kappa shape index (κ3) is 5.59. The number of nitrogens with zero attached hydrogens (tertiary/aromatic N) is 3. The number of carbonyl (C=O) groups excluding carboxylic acids is 1. The summed E-state index contributed by atoms with van der Waals surface area (Å²) in [6.07, 6.45) is 8.22. The number of hydrogen-bond acceptors (Lipinski definition) is 4. The molecule has 0 radical (unpaired) electrons. The van der Waals surface area contributed by atoms with Gasteiger partial charge in [0.2, 0.25) is 5.91 Å². The maximum absolute atomic E-state index is 13.2. The van der Waals surface area contributed by atoms with E-state index < -0.39 is 0 Å². The SMILES string of the molecule is O=C(CCCN1CCCCC1)N1CCO[C@@H](CN2CCCC2)[C@@H]1c1ccccc1. The Hall–Kier alpha value is -1.43. The quantitative estimate of drug-likeness (QED) is 0.705. The molecular formula is C24H37N3O2. The first kappa shape index (κ1) is 20.8. The molecule has 0 unspecified atom stereocenters. The van der Waals surface area contributed by atoms with Crippen LogP contribution in [0.15, 0.2) is 30.3 Å². The molecule has 1 aromatic carbocycles. The fraction of sp³-hybridized carbons (Fsp3) is 0.708. The van der Waals surface area contributed by atoms with Crippen LogP contribution in [-0.4, -0.2) is 79.1 Å². The molecule has 0 aliphatic carbocycles. The van der Waals surface area contributed by atoms with Gasteiger partial charge in [-0.25, -0.2) is 0 Å². The summed E-state index contributed by atoms with van der Waals surface area (Å²) in [7, 11) is 0. The highest BCUT2D eigenvalue weighted by Crippen LogP contribution is 2.31. The lowest BCUT2D eigenvalue weighted by molar-refractivity contribution is -0.148. The van der Waals surface area contributed by atoms with Gasteiger partial charge >= 0.3 is 0 Å². The molecular weight excluding hydrogens is 362 g/mol. The van der Waals surface area contributed by atoms with Gasteiger partial charge in [0.15, 0.2) is 0 Å². The molecule has 1 amide bonds. The van der Waals surface area contributed by atoms with Crippen LogP contribution in [0.1, 0.15) is 56.6 Å². The minimum atomic E-state index is 0.0352. The fourth-order valence-corrected chi connectivity index (χ4v) is 5.21. The van der Waals surface area contributed by atoms with Crippen LogP contribution < -0.4 is 0 Å². The lowest BCUT2D eigenvalue weighted by atomic mass is 9.97. The van der Waals surface area contributed by atoms with Gasteiger partial charge in [0, 0.05) is 19.5 Å². The van der Waals surface area contributed by atoms with E-state index in [1.165, 1.54) is 50.8 Å². The molecule has 0 N–H and O–H groups in total. The first-order valence-electron chi connectivity index (χ1n) is 11.7. The lowest BCUT2D eigenvalue weighted by Gasteiger charge is -2.43. The van der Waals surface area contributed by atoms with Crippen molar-refractivity contribution in [1.82, 2.24) is 14.7 Å². The molecule has 0 aromatic heterocycles. The largest absolute Gasteiger partial charge is 0.373 e. The Balaban J connectivity index is 1.40. The zero-order valence-electron chi connectivity index (χ0n) is 17.8. The van der Waals surface area contributed by atoms with Crippen LogP contribution in [0.4, 0.5) is 0 Å². The predicted molar refractivity (Wildman–Crippen MR) is 116 cm³/mol. The molecule has 0 bridgehead atoms. The molecule has 5 heteroatoms. The van der Waals surface area contributed by atoms with Crippen molar-refractivity contribution >= 4 is 5.91 Å². The van der Waals surface area contributed by atoms with E-state index in [2.05, 4.69) is 39.0 Å². The smallest absolute Gasteiger partial charge is 0.223 e. The second-order valence-electron chi connectivity index (χ2n) is 8.87. The zero-order valence-corrected chi connectivity index (χ0v) is 17.8. The van der Waals surface area contributed by atoms with Crippen molar-refractivity contribution in [2.75, 3.05) is 52.4 Å². The van der Waals surface area contributed by atoms with E-state index in [0.717, 1.165) is 32.6 Å². The number of amides is 1. The Bertz CT molecular complexity index is 626. The Morgan fingerprint density at radius 2 is 1.59 bits per heavy atom. The average molecular weight is 400 g/mol. The molecule has 3 fully saturated rings. The van der Waals surface area contributed by atoms with Crippen molar-refractivity contribution < 1.29 is 9.53 Å². The maximum atomic E-state index is 13.2. The van der Waals surface area contributed by atoms with Crippen LogP contribution in [0.5, 0.6) is 0 Å². The van der Waals surface area contributed by atoms with Gasteiger partial charge in [-0.2, -0.15) is 0 Å². The molecule has 3 saturated heterocycles. The number of ether oxygens (including phenoxy) is 1. The normalized spacial score (nSPS) is 26.7. The molecule has 1 aromatic rings. The van der Waals surface area contributed by atoms with Crippen molar-refractivity contribution in [3.8, 4) is 0 Å². The van der Waals surface area contributed by atoms with Crippen LogP contribution in [0.3, 0.4) is 0 Å². The van der Waals surface area contributed by atoms with E-state index in [9.17, 15) is 4.79 Å². The van der Waals surface area contributed by atoms with E-state index in [1.54, 1.807) is 0 Å². The van der Waals surface area contributed by atoms with Crippen molar-refractivity contribution in [2.24, 2.45) is 0 Å². The summed E-state index contributed by atoms with van der Waals surface area (Å²) in [6.45, 7) is 8.07. The number of likely N-dealkylation sites (tertiary alicyclic amines) is 2. The molecule has 4 rings (SSSR count). The minimum absolute atomic E-state index is 0.0352. The molecule has 5 nitrogen and oxygen atoms in total. The summed E-state index contributed by atoms with van der Waals surface area (Å²) in [5, 5.41) is 0. The number of rotatable bonds is 7. The van der Waals surface area contributed by atoms with E-state index in [1.807, 2.05) is 6.07 Å². The molecule has 3 heterocycles. The van der Waals surface area contributed by atoms with Gasteiger partial charge in [0.1, 0.15) is 0 Å². The molecule has 160 valence electrons. The van der Waals surface area contributed by atoms with E-state index in [-0.39, 0.29) is 12.1 Å². The lowest BCUT2D eigenvalue weighted by Crippen LogP contribution is -2.51. The summed E-state index contributed by atoms with van der Waals surface area (Å²) >= 11 is 0. The van der Waals surface area contributed by atoms with Gasteiger partial charge in [-0.1, -0.05) is 36.8 Å². The Kier molecular flexibility index (Phi) is 7.58. The molecule has 2 atom stereocenters. The van der Waals surface area contributed by atoms with Gasteiger partial charge in [0.25, 0.3) is 0 Å². The minimum Gasteiger partial charge on any atom is -0.373 e. The van der Waals surface area contributed by atoms with Gasteiger partial charge < -0.3 is 19.4 Å². The Labute approximate surface area is 176 Å². The standard InChI is InChI=1S/C24H37N3O2/c28-23(12-9-17-25-13-5-2-6-14-25)27-18-19-29-22(20-26-15-7-8-16-26)24(27)21-10-3-1-4-11-21/h1,3-4,10-11,22,24H,2,5-9,12-20H2/t22-,24-/m0/s1. The fourth-order valence-electron chi connectivity index (χ4n) is 5.21. The summed E-state index contributed by atoms with van der Waals surface area (Å²) in [6, 6.07) is 10.6. The highest BCUT2D eigenvalue weighted by atomic mass is 16.5. The van der Waals surface area contributed by atoms with E-state index >= 15 is 0 Å². The van der Waals surface area contributed by atoms with Gasteiger partial charge in [0.05, 0.1) is 18.8 Å². The first-order valence-corrected chi connectivity index (χ1v) is 11.7. The van der Waals surface area contributed by atoms with Gasteiger partial charge in [-0.05, 0) is 70.4 Å². The summed E-state index contributed by atoms with van der Waals surface area (Å²) in [5.74, 6) is 0.297. The number of piperidine rings is 1. The number of benzene rings is 1.